The van der Waals surface area contributed by atoms with E-state index in [0.717, 1.165) is 36.7 Å². The SMILES string of the molecule is O=C(CCNC1CCc2cc(Br)ccc21)NC1CC1. The number of rotatable bonds is 5. The van der Waals surface area contributed by atoms with Crippen LogP contribution in [0.5, 0.6) is 0 Å². The van der Waals surface area contributed by atoms with Crippen LogP contribution in [0, 0.1) is 0 Å². The van der Waals surface area contributed by atoms with Crippen LogP contribution in [0.4, 0.5) is 0 Å². The first-order valence-corrected chi connectivity index (χ1v) is 7.83. The Balaban J connectivity index is 1.48. The third kappa shape index (κ3) is 3.37. The highest BCUT2D eigenvalue weighted by atomic mass is 79.9. The smallest absolute Gasteiger partial charge is 0.221 e. The Morgan fingerprint density at radius 1 is 1.32 bits per heavy atom. The molecular formula is C15H19BrN2O. The number of hydrogen-bond acceptors (Lipinski definition) is 2. The molecule has 1 saturated carbocycles. The Labute approximate surface area is 122 Å². The van der Waals surface area contributed by atoms with E-state index in [9.17, 15) is 4.79 Å². The maximum Gasteiger partial charge on any atom is 0.221 e. The lowest BCUT2D eigenvalue weighted by Gasteiger charge is -2.14. The van der Waals surface area contributed by atoms with Crippen molar-refractivity contribution in [2.24, 2.45) is 0 Å². The number of carbonyl (C=O) groups is 1. The van der Waals surface area contributed by atoms with Crippen molar-refractivity contribution >= 4 is 21.8 Å². The van der Waals surface area contributed by atoms with Gasteiger partial charge in [-0.1, -0.05) is 22.0 Å². The van der Waals surface area contributed by atoms with Gasteiger partial charge in [-0.25, -0.2) is 0 Å². The molecule has 0 spiro atoms. The van der Waals surface area contributed by atoms with Gasteiger partial charge in [0.25, 0.3) is 0 Å². The van der Waals surface area contributed by atoms with Gasteiger partial charge in [0.2, 0.25) is 5.91 Å². The molecule has 0 radical (unpaired) electrons. The molecule has 2 aliphatic carbocycles. The average Bonchev–Trinajstić information content (AvgIpc) is 3.10. The number of benzene rings is 1. The van der Waals surface area contributed by atoms with Crippen molar-refractivity contribution < 1.29 is 4.79 Å². The molecule has 1 amide bonds. The van der Waals surface area contributed by atoms with Crippen LogP contribution in [0.3, 0.4) is 0 Å². The van der Waals surface area contributed by atoms with Gasteiger partial charge in [-0.05, 0) is 48.9 Å². The molecule has 2 aliphatic rings. The zero-order valence-corrected chi connectivity index (χ0v) is 12.5. The quantitative estimate of drug-likeness (QED) is 0.875. The van der Waals surface area contributed by atoms with Crippen molar-refractivity contribution in [2.75, 3.05) is 6.54 Å². The Hall–Kier alpha value is -0.870. The summed E-state index contributed by atoms with van der Waals surface area (Å²) in [5.74, 6) is 0.184. The summed E-state index contributed by atoms with van der Waals surface area (Å²) in [6.45, 7) is 0.763. The van der Waals surface area contributed by atoms with Crippen LogP contribution in [0.1, 0.15) is 42.9 Å². The summed E-state index contributed by atoms with van der Waals surface area (Å²) in [7, 11) is 0. The number of fused-ring (bicyclic) bond motifs is 1. The molecule has 0 aliphatic heterocycles. The van der Waals surface area contributed by atoms with Gasteiger partial charge in [-0.3, -0.25) is 4.79 Å². The average molecular weight is 323 g/mol. The second-order valence-corrected chi connectivity index (χ2v) is 6.40. The molecule has 4 heteroatoms. The van der Waals surface area contributed by atoms with Gasteiger partial charge < -0.3 is 10.6 Å². The molecule has 1 aromatic rings. The summed E-state index contributed by atoms with van der Waals surface area (Å²) in [6.07, 6.45) is 5.16. The normalized spacial score (nSPS) is 21.2. The first kappa shape index (κ1) is 13.1. The van der Waals surface area contributed by atoms with Crippen LogP contribution < -0.4 is 10.6 Å². The minimum atomic E-state index is 0.184. The van der Waals surface area contributed by atoms with Gasteiger partial charge in [-0.2, -0.15) is 0 Å². The summed E-state index contributed by atoms with van der Waals surface area (Å²) in [5.41, 5.74) is 2.82. The molecule has 3 rings (SSSR count). The zero-order valence-electron chi connectivity index (χ0n) is 10.9. The Morgan fingerprint density at radius 3 is 2.95 bits per heavy atom. The topological polar surface area (TPSA) is 41.1 Å². The molecule has 1 aromatic carbocycles. The summed E-state index contributed by atoms with van der Waals surface area (Å²) < 4.78 is 1.15. The van der Waals surface area contributed by atoms with Crippen LogP contribution in [0.2, 0.25) is 0 Å². The molecule has 0 saturated heterocycles. The molecule has 1 unspecified atom stereocenters. The van der Waals surface area contributed by atoms with Gasteiger partial charge in [0, 0.05) is 29.5 Å². The van der Waals surface area contributed by atoms with E-state index in [4.69, 9.17) is 0 Å². The predicted molar refractivity (Wildman–Crippen MR) is 79.0 cm³/mol. The number of nitrogens with one attached hydrogen (secondary N) is 2. The largest absolute Gasteiger partial charge is 0.353 e. The molecule has 0 bridgehead atoms. The number of carbonyl (C=O) groups excluding carboxylic acids is 1. The molecule has 1 atom stereocenters. The van der Waals surface area contributed by atoms with E-state index < -0.39 is 0 Å². The van der Waals surface area contributed by atoms with Gasteiger partial charge in [0.15, 0.2) is 0 Å². The fourth-order valence-corrected chi connectivity index (χ4v) is 3.09. The lowest BCUT2D eigenvalue weighted by Crippen LogP contribution is -2.30. The van der Waals surface area contributed by atoms with E-state index in [0.29, 0.717) is 18.5 Å². The maximum atomic E-state index is 11.6. The van der Waals surface area contributed by atoms with Crippen LogP contribution in [0.25, 0.3) is 0 Å². The van der Waals surface area contributed by atoms with E-state index in [1.807, 2.05) is 0 Å². The molecule has 0 aromatic heterocycles. The number of halogens is 1. The highest BCUT2D eigenvalue weighted by Crippen LogP contribution is 2.32. The first-order valence-electron chi connectivity index (χ1n) is 7.03. The Kier molecular flexibility index (Phi) is 3.89. The number of amides is 1. The molecule has 2 N–H and O–H groups in total. The van der Waals surface area contributed by atoms with E-state index in [-0.39, 0.29) is 5.91 Å². The van der Waals surface area contributed by atoms with Crippen LogP contribution in [-0.2, 0) is 11.2 Å². The number of hydrogen-bond donors (Lipinski definition) is 2. The minimum Gasteiger partial charge on any atom is -0.353 e. The summed E-state index contributed by atoms with van der Waals surface area (Å²) in [6, 6.07) is 7.37. The first-order chi connectivity index (χ1) is 9.22. The van der Waals surface area contributed by atoms with Crippen molar-refractivity contribution in [1.29, 1.82) is 0 Å². The fraction of sp³-hybridized carbons (Fsp3) is 0.533. The summed E-state index contributed by atoms with van der Waals surface area (Å²) in [5, 5.41) is 6.53. The lowest BCUT2D eigenvalue weighted by atomic mass is 10.1. The summed E-state index contributed by atoms with van der Waals surface area (Å²) in [4.78, 5) is 11.6. The van der Waals surface area contributed by atoms with Crippen molar-refractivity contribution in [1.82, 2.24) is 10.6 Å². The highest BCUT2D eigenvalue weighted by molar-refractivity contribution is 9.10. The van der Waals surface area contributed by atoms with Crippen molar-refractivity contribution in [3.8, 4) is 0 Å². The van der Waals surface area contributed by atoms with E-state index in [1.54, 1.807) is 0 Å². The third-order valence-corrected chi connectivity index (χ3v) is 4.36. The standard InChI is InChI=1S/C15H19BrN2O/c16-11-2-5-13-10(9-11)1-6-14(13)17-8-7-15(19)18-12-3-4-12/h2,5,9,12,14,17H,1,3-4,6-8H2,(H,18,19). The Bertz CT molecular complexity index is 485. The van der Waals surface area contributed by atoms with Crippen LogP contribution in [-0.4, -0.2) is 18.5 Å². The van der Waals surface area contributed by atoms with Crippen LogP contribution >= 0.6 is 15.9 Å². The van der Waals surface area contributed by atoms with Crippen molar-refractivity contribution in [3.63, 3.8) is 0 Å². The molecule has 3 nitrogen and oxygen atoms in total. The molecule has 0 heterocycles. The predicted octanol–water partition coefficient (Wildman–Crippen LogP) is 2.69. The monoisotopic (exact) mass is 322 g/mol. The summed E-state index contributed by atoms with van der Waals surface area (Å²) >= 11 is 3.51. The van der Waals surface area contributed by atoms with E-state index >= 15 is 0 Å². The molecular weight excluding hydrogens is 304 g/mol. The van der Waals surface area contributed by atoms with Gasteiger partial charge in [0.1, 0.15) is 0 Å². The van der Waals surface area contributed by atoms with Gasteiger partial charge in [-0.15, -0.1) is 0 Å². The lowest BCUT2D eigenvalue weighted by molar-refractivity contribution is -0.121. The third-order valence-electron chi connectivity index (χ3n) is 3.87. The van der Waals surface area contributed by atoms with E-state index in [2.05, 4.69) is 44.8 Å². The number of aryl methyl sites for hydroxylation is 1. The Morgan fingerprint density at radius 2 is 2.16 bits per heavy atom. The zero-order chi connectivity index (χ0) is 13.2. The van der Waals surface area contributed by atoms with Crippen molar-refractivity contribution in [3.05, 3.63) is 33.8 Å². The highest BCUT2D eigenvalue weighted by Gasteiger charge is 2.24. The second kappa shape index (κ2) is 5.63. The fourth-order valence-electron chi connectivity index (χ4n) is 2.69. The van der Waals surface area contributed by atoms with Gasteiger partial charge in [0.05, 0.1) is 0 Å². The second-order valence-electron chi connectivity index (χ2n) is 5.48. The molecule has 102 valence electrons. The van der Waals surface area contributed by atoms with E-state index in [1.165, 1.54) is 11.1 Å². The molecule has 1 fully saturated rings. The minimum absolute atomic E-state index is 0.184. The maximum absolute atomic E-state index is 11.6. The van der Waals surface area contributed by atoms with Gasteiger partial charge >= 0.3 is 0 Å². The van der Waals surface area contributed by atoms with Crippen molar-refractivity contribution in [2.45, 2.75) is 44.2 Å². The van der Waals surface area contributed by atoms with Crippen LogP contribution in [0.15, 0.2) is 22.7 Å². The molecule has 19 heavy (non-hydrogen) atoms.